The first kappa shape index (κ1) is 21.2. The molecule has 4 rings (SSSR count). The highest BCUT2D eigenvalue weighted by atomic mass is 35.5. The van der Waals surface area contributed by atoms with Crippen molar-refractivity contribution in [1.82, 2.24) is 19.7 Å². The average Bonchev–Trinajstić information content (AvgIpc) is 3.32. The van der Waals surface area contributed by atoms with Crippen LogP contribution in [-0.4, -0.2) is 65.0 Å². The third-order valence-electron chi connectivity index (χ3n) is 5.19. The fourth-order valence-corrected chi connectivity index (χ4v) is 4.87. The molecule has 1 amide bonds. The lowest BCUT2D eigenvalue weighted by Crippen LogP contribution is -2.43. The number of halogens is 1. The highest BCUT2D eigenvalue weighted by Crippen LogP contribution is 2.31. The Morgan fingerprint density at radius 2 is 2.07 bits per heavy atom. The molecule has 3 aromatic rings. The molecule has 0 bridgehead atoms. The van der Waals surface area contributed by atoms with Gasteiger partial charge in [0.25, 0.3) is 5.91 Å². The molecule has 3 heterocycles. The van der Waals surface area contributed by atoms with Gasteiger partial charge in [0.1, 0.15) is 0 Å². The van der Waals surface area contributed by atoms with Crippen molar-refractivity contribution in [3.63, 3.8) is 0 Å². The minimum Gasteiger partial charge on any atom is -0.379 e. The third kappa shape index (κ3) is 4.51. The summed E-state index contributed by atoms with van der Waals surface area (Å²) < 4.78 is 8.28. The van der Waals surface area contributed by atoms with E-state index in [0.717, 1.165) is 48.8 Å². The maximum atomic E-state index is 13.5. The molecule has 7 nitrogen and oxygen atoms in total. The molecule has 0 spiro atoms. The quantitative estimate of drug-likeness (QED) is 0.571. The first-order valence-electron chi connectivity index (χ1n) is 10.2. The topological polar surface area (TPSA) is 63.5 Å². The van der Waals surface area contributed by atoms with Gasteiger partial charge < -0.3 is 4.74 Å². The number of anilines is 1. The Hall–Kier alpha value is -2.00. The normalized spacial score (nSPS) is 15.2. The molecular formula is C21H26ClN5O2S. The SMILES string of the molecule is Cc1cc(C(=O)N(CCN2CCOCC2)c2nc3ccc(Cl)cc3s2)nn1C(C)C. The molecule has 0 saturated carbocycles. The number of benzene rings is 1. The average molecular weight is 448 g/mol. The van der Waals surface area contributed by atoms with Crippen LogP contribution in [0.5, 0.6) is 0 Å². The van der Waals surface area contributed by atoms with Crippen molar-refractivity contribution < 1.29 is 9.53 Å². The summed E-state index contributed by atoms with van der Waals surface area (Å²) in [6, 6.07) is 7.65. The molecule has 1 aromatic carbocycles. The summed E-state index contributed by atoms with van der Waals surface area (Å²) in [6.45, 7) is 10.6. The van der Waals surface area contributed by atoms with Crippen molar-refractivity contribution in [3.8, 4) is 0 Å². The van der Waals surface area contributed by atoms with Gasteiger partial charge in [-0.25, -0.2) is 4.98 Å². The van der Waals surface area contributed by atoms with Gasteiger partial charge in [-0.2, -0.15) is 5.10 Å². The van der Waals surface area contributed by atoms with E-state index in [0.29, 0.717) is 22.4 Å². The van der Waals surface area contributed by atoms with Gasteiger partial charge in [0.15, 0.2) is 10.8 Å². The monoisotopic (exact) mass is 447 g/mol. The molecule has 0 radical (unpaired) electrons. The molecule has 0 unspecified atom stereocenters. The van der Waals surface area contributed by atoms with E-state index in [-0.39, 0.29) is 11.9 Å². The minimum atomic E-state index is -0.129. The Balaban J connectivity index is 1.64. The van der Waals surface area contributed by atoms with Gasteiger partial charge in [0.2, 0.25) is 0 Å². The van der Waals surface area contributed by atoms with Crippen LogP contribution >= 0.6 is 22.9 Å². The zero-order chi connectivity index (χ0) is 21.3. The largest absolute Gasteiger partial charge is 0.379 e. The van der Waals surface area contributed by atoms with E-state index in [9.17, 15) is 4.79 Å². The molecule has 2 aromatic heterocycles. The summed E-state index contributed by atoms with van der Waals surface area (Å²) in [5.41, 5.74) is 2.26. The number of carbonyl (C=O) groups is 1. The summed E-state index contributed by atoms with van der Waals surface area (Å²) in [7, 11) is 0. The fourth-order valence-electron chi connectivity index (χ4n) is 3.61. The second kappa shape index (κ2) is 9.01. The van der Waals surface area contributed by atoms with Crippen LogP contribution in [0.2, 0.25) is 5.02 Å². The number of rotatable bonds is 6. The Morgan fingerprint density at radius 3 is 2.77 bits per heavy atom. The summed E-state index contributed by atoms with van der Waals surface area (Å²) in [5, 5.41) is 5.90. The number of nitrogens with zero attached hydrogens (tertiary/aromatic N) is 5. The molecule has 0 aliphatic carbocycles. The number of hydrogen-bond acceptors (Lipinski definition) is 6. The predicted octanol–water partition coefficient (Wildman–Crippen LogP) is 4.01. The minimum absolute atomic E-state index is 0.129. The Labute approximate surface area is 185 Å². The second-order valence-corrected chi connectivity index (χ2v) is 9.17. The predicted molar refractivity (Wildman–Crippen MR) is 121 cm³/mol. The van der Waals surface area contributed by atoms with Crippen LogP contribution in [0, 0.1) is 6.92 Å². The van der Waals surface area contributed by atoms with Crippen LogP contribution in [0.15, 0.2) is 24.3 Å². The summed E-state index contributed by atoms with van der Waals surface area (Å²) in [6.07, 6.45) is 0. The number of carbonyl (C=O) groups excluding carboxylic acids is 1. The molecule has 1 saturated heterocycles. The summed E-state index contributed by atoms with van der Waals surface area (Å²) in [4.78, 5) is 22.3. The van der Waals surface area contributed by atoms with E-state index in [4.69, 9.17) is 21.3 Å². The summed E-state index contributed by atoms with van der Waals surface area (Å²) in [5.74, 6) is -0.129. The van der Waals surface area contributed by atoms with Crippen LogP contribution in [0.3, 0.4) is 0 Å². The Kier molecular flexibility index (Phi) is 6.38. The van der Waals surface area contributed by atoms with E-state index < -0.39 is 0 Å². The van der Waals surface area contributed by atoms with Crippen molar-refractivity contribution in [2.24, 2.45) is 0 Å². The number of ether oxygens (including phenoxy) is 1. The zero-order valence-electron chi connectivity index (χ0n) is 17.5. The van der Waals surface area contributed by atoms with E-state index in [1.165, 1.54) is 11.3 Å². The number of hydrogen-bond donors (Lipinski definition) is 0. The molecular weight excluding hydrogens is 422 g/mol. The van der Waals surface area contributed by atoms with Gasteiger partial charge in [-0.15, -0.1) is 0 Å². The van der Waals surface area contributed by atoms with Crippen LogP contribution in [0.4, 0.5) is 5.13 Å². The van der Waals surface area contributed by atoms with Crippen molar-refractivity contribution in [3.05, 3.63) is 40.7 Å². The molecule has 1 aliphatic rings. The van der Waals surface area contributed by atoms with Crippen molar-refractivity contribution in [1.29, 1.82) is 0 Å². The van der Waals surface area contributed by atoms with Crippen molar-refractivity contribution in [2.45, 2.75) is 26.8 Å². The lowest BCUT2D eigenvalue weighted by atomic mass is 10.3. The number of thiazole rings is 1. The Bertz CT molecular complexity index is 1040. The molecule has 9 heteroatoms. The van der Waals surface area contributed by atoms with Gasteiger partial charge >= 0.3 is 0 Å². The highest BCUT2D eigenvalue weighted by Gasteiger charge is 2.25. The smallest absolute Gasteiger partial charge is 0.280 e. The zero-order valence-corrected chi connectivity index (χ0v) is 19.0. The van der Waals surface area contributed by atoms with E-state index in [1.807, 2.05) is 35.9 Å². The number of aryl methyl sites for hydroxylation is 1. The molecule has 160 valence electrons. The lowest BCUT2D eigenvalue weighted by Gasteiger charge is -2.29. The van der Waals surface area contributed by atoms with Crippen LogP contribution in [0.1, 0.15) is 36.1 Å². The van der Waals surface area contributed by atoms with Crippen molar-refractivity contribution >= 4 is 44.2 Å². The van der Waals surface area contributed by atoms with Gasteiger partial charge in [0, 0.05) is 42.9 Å². The van der Waals surface area contributed by atoms with Gasteiger partial charge in [-0.1, -0.05) is 22.9 Å². The maximum Gasteiger partial charge on any atom is 0.280 e. The number of fused-ring (bicyclic) bond motifs is 1. The number of aromatic nitrogens is 3. The van der Waals surface area contributed by atoms with Crippen molar-refractivity contribution in [2.75, 3.05) is 44.3 Å². The standard InChI is InChI=1S/C21H26ClN5O2S/c1-14(2)27-15(3)12-18(24-27)20(28)26(7-6-25-8-10-29-11-9-25)21-23-17-5-4-16(22)13-19(17)30-21/h4-5,12-14H,6-11H2,1-3H3. The first-order chi connectivity index (χ1) is 14.4. The van der Waals surface area contributed by atoms with E-state index in [2.05, 4.69) is 23.8 Å². The molecule has 1 aliphatic heterocycles. The van der Waals surface area contributed by atoms with Gasteiger partial charge in [-0.3, -0.25) is 19.3 Å². The molecule has 1 fully saturated rings. The van der Waals surface area contributed by atoms with E-state index >= 15 is 0 Å². The maximum absolute atomic E-state index is 13.5. The molecule has 0 atom stereocenters. The molecule has 30 heavy (non-hydrogen) atoms. The van der Waals surface area contributed by atoms with Crippen LogP contribution in [-0.2, 0) is 4.74 Å². The molecule has 0 N–H and O–H groups in total. The Morgan fingerprint density at radius 1 is 1.30 bits per heavy atom. The fraction of sp³-hybridized carbons (Fsp3) is 0.476. The van der Waals surface area contributed by atoms with Crippen LogP contribution < -0.4 is 4.90 Å². The van der Waals surface area contributed by atoms with Crippen LogP contribution in [0.25, 0.3) is 10.2 Å². The summed E-state index contributed by atoms with van der Waals surface area (Å²) >= 11 is 7.62. The first-order valence-corrected chi connectivity index (χ1v) is 11.4. The van der Waals surface area contributed by atoms with Gasteiger partial charge in [0.05, 0.1) is 23.4 Å². The highest BCUT2D eigenvalue weighted by molar-refractivity contribution is 7.22. The second-order valence-electron chi connectivity index (χ2n) is 7.73. The van der Waals surface area contributed by atoms with E-state index in [1.54, 1.807) is 4.90 Å². The van der Waals surface area contributed by atoms with Gasteiger partial charge in [-0.05, 0) is 45.0 Å². The number of amides is 1. The lowest BCUT2D eigenvalue weighted by molar-refractivity contribution is 0.0391. The third-order valence-corrected chi connectivity index (χ3v) is 6.47. The number of morpholine rings is 1.